The van der Waals surface area contributed by atoms with E-state index in [2.05, 4.69) is 15.3 Å². The molecule has 1 aromatic carbocycles. The lowest BCUT2D eigenvalue weighted by atomic mass is 10.1. The van der Waals surface area contributed by atoms with Crippen LogP contribution >= 0.6 is 11.3 Å². The van der Waals surface area contributed by atoms with Crippen molar-refractivity contribution in [2.75, 3.05) is 11.9 Å². The molecule has 30 heavy (non-hydrogen) atoms. The minimum absolute atomic E-state index is 0.0174. The average molecular weight is 429 g/mol. The van der Waals surface area contributed by atoms with E-state index in [-0.39, 0.29) is 23.9 Å². The molecule has 9 heteroatoms. The molecule has 3 N–H and O–H groups in total. The van der Waals surface area contributed by atoms with E-state index in [9.17, 15) is 14.4 Å². The van der Waals surface area contributed by atoms with E-state index in [4.69, 9.17) is 5.11 Å². The van der Waals surface area contributed by atoms with Crippen molar-refractivity contribution in [2.24, 2.45) is 0 Å². The summed E-state index contributed by atoms with van der Waals surface area (Å²) in [6.45, 7) is 4.11. The number of nitrogens with one attached hydrogen (secondary N) is 2. The number of amides is 1. The molecule has 8 nitrogen and oxygen atoms in total. The molecule has 3 rings (SSSR count). The van der Waals surface area contributed by atoms with Gasteiger partial charge in [0.2, 0.25) is 0 Å². The number of H-pyrrole nitrogens is 1. The lowest BCUT2D eigenvalue weighted by Crippen LogP contribution is -2.32. The molecular formula is C21H24N4O4S. The number of hydrogen-bond acceptors (Lipinski definition) is 6. The normalized spacial score (nSPS) is 12.0. The number of carbonyl (C=O) groups excluding carboxylic acids is 1. The van der Waals surface area contributed by atoms with Crippen molar-refractivity contribution in [1.82, 2.24) is 15.3 Å². The van der Waals surface area contributed by atoms with E-state index in [1.54, 1.807) is 19.9 Å². The molecule has 0 radical (unpaired) electrons. The molecule has 1 atom stereocenters. The molecule has 0 bridgehead atoms. The first-order valence-electron chi connectivity index (χ1n) is 9.56. The lowest BCUT2D eigenvalue weighted by molar-refractivity contribution is -0.137. The SMILES string of the molecule is Cc1nc2ccc(CN(C)c3ccc(C(=O)N[C@H](C)CCC(=O)O)s3)cc2c(=O)[nH]1. The van der Waals surface area contributed by atoms with Crippen molar-refractivity contribution < 1.29 is 14.7 Å². The number of rotatable bonds is 8. The van der Waals surface area contributed by atoms with Gasteiger partial charge in [0.25, 0.3) is 11.5 Å². The minimum atomic E-state index is -0.877. The molecule has 0 saturated carbocycles. The van der Waals surface area contributed by atoms with Crippen molar-refractivity contribution >= 4 is 39.1 Å². The molecule has 3 aromatic rings. The number of hydrogen-bond donors (Lipinski definition) is 3. The molecule has 0 aliphatic carbocycles. The maximum atomic E-state index is 12.4. The molecule has 1 amide bonds. The number of aromatic amines is 1. The van der Waals surface area contributed by atoms with Crippen LogP contribution in [0.2, 0.25) is 0 Å². The highest BCUT2D eigenvalue weighted by Crippen LogP contribution is 2.27. The van der Waals surface area contributed by atoms with E-state index in [0.29, 0.717) is 34.6 Å². The molecule has 0 unspecified atom stereocenters. The largest absolute Gasteiger partial charge is 0.481 e. The Morgan fingerprint density at radius 1 is 1.30 bits per heavy atom. The summed E-state index contributed by atoms with van der Waals surface area (Å²) in [5, 5.41) is 13.0. The van der Waals surface area contributed by atoms with Gasteiger partial charge in [0, 0.05) is 26.1 Å². The third-order valence-electron chi connectivity index (χ3n) is 4.67. The Labute approximate surface area is 177 Å². The standard InChI is InChI=1S/C21H24N4O4S/c1-12(4-9-19(26)27)22-21(29)17-7-8-18(30-17)25(3)11-14-5-6-16-15(10-14)20(28)24-13(2)23-16/h5-8,10,12H,4,9,11H2,1-3H3,(H,22,29)(H,26,27)(H,23,24,28)/t12-/m1/s1. The van der Waals surface area contributed by atoms with Gasteiger partial charge in [-0.05, 0) is 50.1 Å². The maximum Gasteiger partial charge on any atom is 0.303 e. The number of aromatic nitrogens is 2. The summed E-state index contributed by atoms with van der Waals surface area (Å²) in [6, 6.07) is 9.03. The van der Waals surface area contributed by atoms with Gasteiger partial charge in [-0.3, -0.25) is 14.4 Å². The van der Waals surface area contributed by atoms with E-state index in [1.807, 2.05) is 36.2 Å². The zero-order valence-corrected chi connectivity index (χ0v) is 17.9. The Kier molecular flexibility index (Phi) is 6.51. The summed E-state index contributed by atoms with van der Waals surface area (Å²) in [4.78, 5) is 44.8. The number of fused-ring (bicyclic) bond motifs is 1. The van der Waals surface area contributed by atoms with Gasteiger partial charge in [0.1, 0.15) is 5.82 Å². The minimum Gasteiger partial charge on any atom is -0.481 e. The van der Waals surface area contributed by atoms with Crippen LogP contribution in [0.25, 0.3) is 10.9 Å². The zero-order valence-electron chi connectivity index (χ0n) is 17.1. The van der Waals surface area contributed by atoms with Gasteiger partial charge in [-0.1, -0.05) is 6.07 Å². The van der Waals surface area contributed by atoms with E-state index >= 15 is 0 Å². The molecule has 0 fully saturated rings. The summed E-state index contributed by atoms with van der Waals surface area (Å²) < 4.78 is 0. The van der Waals surface area contributed by atoms with Gasteiger partial charge in [0.15, 0.2) is 0 Å². The quantitative estimate of drug-likeness (QED) is 0.508. The Hall–Kier alpha value is -3.20. The molecule has 158 valence electrons. The van der Waals surface area contributed by atoms with Gasteiger partial charge < -0.3 is 20.3 Å². The van der Waals surface area contributed by atoms with Crippen LogP contribution in [0.4, 0.5) is 5.00 Å². The number of aliphatic carboxylic acids is 1. The van der Waals surface area contributed by atoms with E-state index in [0.717, 1.165) is 10.6 Å². The second-order valence-corrected chi connectivity index (χ2v) is 8.37. The third-order valence-corrected chi connectivity index (χ3v) is 5.87. The average Bonchev–Trinajstić information content (AvgIpc) is 3.17. The van der Waals surface area contributed by atoms with Gasteiger partial charge >= 0.3 is 5.97 Å². The maximum absolute atomic E-state index is 12.4. The molecular weight excluding hydrogens is 404 g/mol. The summed E-state index contributed by atoms with van der Waals surface area (Å²) in [5.74, 6) is -0.506. The fourth-order valence-corrected chi connectivity index (χ4v) is 3.98. The summed E-state index contributed by atoms with van der Waals surface area (Å²) in [5.41, 5.74) is 1.46. The van der Waals surface area contributed by atoms with Crippen LogP contribution in [0, 0.1) is 6.92 Å². The Bertz CT molecular complexity index is 1140. The second kappa shape index (κ2) is 9.08. The molecule has 0 aliphatic rings. The number of carbonyl (C=O) groups is 2. The van der Waals surface area contributed by atoms with Gasteiger partial charge in [-0.25, -0.2) is 4.98 Å². The lowest BCUT2D eigenvalue weighted by Gasteiger charge is -2.17. The van der Waals surface area contributed by atoms with Gasteiger partial charge in [-0.15, -0.1) is 11.3 Å². The first-order valence-corrected chi connectivity index (χ1v) is 10.4. The number of aryl methyl sites for hydroxylation is 1. The van der Waals surface area contributed by atoms with Crippen LogP contribution in [-0.4, -0.2) is 40.0 Å². The zero-order chi connectivity index (χ0) is 21.8. The number of carboxylic acids is 1. The number of thiophene rings is 1. The van der Waals surface area contributed by atoms with Crippen molar-refractivity contribution in [3.63, 3.8) is 0 Å². The van der Waals surface area contributed by atoms with E-state index in [1.165, 1.54) is 11.3 Å². The number of nitrogens with zero attached hydrogens (tertiary/aromatic N) is 2. The molecule has 0 saturated heterocycles. The highest BCUT2D eigenvalue weighted by atomic mass is 32.1. The van der Waals surface area contributed by atoms with Crippen LogP contribution in [0.3, 0.4) is 0 Å². The molecule has 0 spiro atoms. The van der Waals surface area contributed by atoms with Gasteiger partial charge in [-0.2, -0.15) is 0 Å². The highest BCUT2D eigenvalue weighted by Gasteiger charge is 2.15. The summed E-state index contributed by atoms with van der Waals surface area (Å²) >= 11 is 1.36. The monoisotopic (exact) mass is 428 g/mol. The van der Waals surface area contributed by atoms with Crippen molar-refractivity contribution in [3.05, 3.63) is 57.0 Å². The fourth-order valence-electron chi connectivity index (χ4n) is 3.11. The van der Waals surface area contributed by atoms with Crippen molar-refractivity contribution in [3.8, 4) is 0 Å². The number of carboxylic acid groups (broad SMARTS) is 1. The van der Waals surface area contributed by atoms with Crippen LogP contribution in [0.15, 0.2) is 35.1 Å². The van der Waals surface area contributed by atoms with Crippen molar-refractivity contribution in [1.29, 1.82) is 0 Å². The topological polar surface area (TPSA) is 115 Å². The Morgan fingerprint density at radius 3 is 2.80 bits per heavy atom. The van der Waals surface area contributed by atoms with Crippen LogP contribution in [-0.2, 0) is 11.3 Å². The third kappa shape index (κ3) is 5.24. The summed E-state index contributed by atoms with van der Waals surface area (Å²) in [6.07, 6.45) is 0.401. The fraction of sp³-hybridized carbons (Fsp3) is 0.333. The number of benzene rings is 1. The van der Waals surface area contributed by atoms with Crippen LogP contribution in [0.5, 0.6) is 0 Å². The van der Waals surface area contributed by atoms with Crippen molar-refractivity contribution in [2.45, 2.75) is 39.3 Å². The predicted molar refractivity (Wildman–Crippen MR) is 117 cm³/mol. The van der Waals surface area contributed by atoms with Crippen LogP contribution < -0.4 is 15.8 Å². The summed E-state index contributed by atoms with van der Waals surface area (Å²) in [7, 11) is 1.92. The Morgan fingerprint density at radius 2 is 2.07 bits per heavy atom. The Balaban J connectivity index is 1.67. The second-order valence-electron chi connectivity index (χ2n) is 7.30. The number of anilines is 1. The molecule has 2 aromatic heterocycles. The first kappa shape index (κ1) is 21.5. The highest BCUT2D eigenvalue weighted by molar-refractivity contribution is 7.17. The molecule has 2 heterocycles. The van der Waals surface area contributed by atoms with E-state index < -0.39 is 5.97 Å². The smallest absolute Gasteiger partial charge is 0.303 e. The van der Waals surface area contributed by atoms with Crippen LogP contribution in [0.1, 0.15) is 40.8 Å². The van der Waals surface area contributed by atoms with Gasteiger partial charge in [0.05, 0.1) is 20.8 Å². The molecule has 0 aliphatic heterocycles. The predicted octanol–water partition coefficient (Wildman–Crippen LogP) is 2.91. The first-order chi connectivity index (χ1) is 14.2.